The summed E-state index contributed by atoms with van der Waals surface area (Å²) in [5.74, 6) is 2.50. The van der Waals surface area contributed by atoms with E-state index in [2.05, 4.69) is 39.0 Å². The molecule has 0 bridgehead atoms. The first-order valence-electron chi connectivity index (χ1n) is 7.00. The number of nitrogens with one attached hydrogen (secondary N) is 1. The van der Waals surface area contributed by atoms with E-state index in [0.29, 0.717) is 11.3 Å². The molecule has 0 saturated carbocycles. The van der Waals surface area contributed by atoms with Gasteiger partial charge in [-0.3, -0.25) is 4.79 Å². The zero-order chi connectivity index (χ0) is 17.4. The highest BCUT2D eigenvalue weighted by molar-refractivity contribution is 14.1. The predicted molar refractivity (Wildman–Crippen MR) is 99.3 cm³/mol. The smallest absolute Gasteiger partial charge is 0.244 e. The summed E-state index contributed by atoms with van der Waals surface area (Å²) in [6.45, 7) is 0.211. The number of amides is 1. The van der Waals surface area contributed by atoms with E-state index in [1.807, 2.05) is 12.1 Å². The molecule has 24 heavy (non-hydrogen) atoms. The lowest BCUT2D eigenvalue weighted by molar-refractivity contribution is -0.120. The number of hydrogen-bond donors (Lipinski definition) is 1. The van der Waals surface area contributed by atoms with E-state index in [1.165, 1.54) is 18.3 Å². The molecule has 0 radical (unpaired) electrons. The zero-order valence-electron chi connectivity index (χ0n) is 12.6. The second-order valence-corrected chi connectivity index (χ2v) is 5.94. The molecule has 4 nitrogen and oxygen atoms in total. The van der Waals surface area contributed by atoms with Gasteiger partial charge in [0.15, 0.2) is 0 Å². The van der Waals surface area contributed by atoms with E-state index in [1.54, 1.807) is 18.2 Å². The highest BCUT2D eigenvalue weighted by atomic mass is 127. The van der Waals surface area contributed by atoms with Gasteiger partial charge in [0.05, 0.1) is 16.2 Å². The molecular formula is C18H14FIN2O2. The van der Waals surface area contributed by atoms with Crippen LogP contribution in [0.4, 0.5) is 4.39 Å². The first-order chi connectivity index (χ1) is 11.6. The zero-order valence-corrected chi connectivity index (χ0v) is 14.8. The molecule has 0 aliphatic rings. The number of hydrazone groups is 1. The van der Waals surface area contributed by atoms with Gasteiger partial charge in [0.25, 0.3) is 0 Å². The molecule has 0 unspecified atom stereocenters. The molecule has 2 aromatic rings. The van der Waals surface area contributed by atoms with Gasteiger partial charge < -0.3 is 4.74 Å². The van der Waals surface area contributed by atoms with Crippen LogP contribution in [0.1, 0.15) is 11.1 Å². The van der Waals surface area contributed by atoms with Crippen molar-refractivity contribution in [3.05, 3.63) is 63.0 Å². The minimum Gasteiger partial charge on any atom is -0.480 e. The van der Waals surface area contributed by atoms with Crippen LogP contribution >= 0.6 is 22.6 Å². The van der Waals surface area contributed by atoms with Crippen LogP contribution in [0.3, 0.4) is 0 Å². The quantitative estimate of drug-likeness (QED) is 0.328. The van der Waals surface area contributed by atoms with Gasteiger partial charge in [-0.05, 0) is 64.0 Å². The Hall–Kier alpha value is -2.40. The van der Waals surface area contributed by atoms with E-state index in [-0.39, 0.29) is 24.8 Å². The molecule has 0 fully saturated rings. The lowest BCUT2D eigenvalue weighted by Crippen LogP contribution is -2.19. The molecule has 2 aromatic carbocycles. The van der Waals surface area contributed by atoms with Crippen molar-refractivity contribution in [1.82, 2.24) is 5.43 Å². The molecular weight excluding hydrogens is 422 g/mol. The molecule has 2 rings (SSSR count). The number of halogens is 2. The number of nitrogens with zero attached hydrogens (tertiary/aromatic N) is 1. The molecule has 122 valence electrons. The van der Waals surface area contributed by atoms with Gasteiger partial charge in [0.2, 0.25) is 5.91 Å². The van der Waals surface area contributed by atoms with E-state index in [0.717, 1.165) is 9.13 Å². The third kappa shape index (κ3) is 5.66. The molecule has 0 spiro atoms. The van der Waals surface area contributed by atoms with Gasteiger partial charge in [-0.25, -0.2) is 9.82 Å². The summed E-state index contributed by atoms with van der Waals surface area (Å²) >= 11 is 2.14. The summed E-state index contributed by atoms with van der Waals surface area (Å²) in [4.78, 5) is 11.8. The van der Waals surface area contributed by atoms with Crippen molar-refractivity contribution in [2.24, 2.45) is 5.10 Å². The molecule has 0 atom stereocenters. The van der Waals surface area contributed by atoms with Crippen molar-refractivity contribution in [1.29, 1.82) is 0 Å². The predicted octanol–water partition coefficient (Wildman–Crippen LogP) is 3.14. The lowest BCUT2D eigenvalue weighted by Gasteiger charge is -2.05. The van der Waals surface area contributed by atoms with Crippen molar-refractivity contribution in [3.63, 3.8) is 0 Å². The molecule has 0 aliphatic heterocycles. The van der Waals surface area contributed by atoms with Gasteiger partial charge in [0, 0.05) is 0 Å². The lowest BCUT2D eigenvalue weighted by atomic mass is 10.1. The van der Waals surface area contributed by atoms with E-state index in [9.17, 15) is 9.18 Å². The molecule has 1 N–H and O–H groups in total. The van der Waals surface area contributed by atoms with Crippen LogP contribution < -0.4 is 10.2 Å². The third-order valence-electron chi connectivity index (χ3n) is 2.95. The van der Waals surface area contributed by atoms with Gasteiger partial charge in [-0.2, -0.15) is 5.10 Å². The van der Waals surface area contributed by atoms with Crippen LogP contribution in [-0.2, 0) is 11.2 Å². The fraction of sp³-hybridized carbons (Fsp3) is 0.111. The number of ether oxygens (including phenoxy) is 1. The molecule has 0 heterocycles. The number of hydrogen-bond acceptors (Lipinski definition) is 3. The number of benzene rings is 2. The standard InChI is InChI=1S/C18H14FIN2O2/c1-2-9-24-17-8-5-14(10-16(17)20)12-21-22-18(23)11-13-3-6-15(19)7-4-13/h1,3-8,10,12H,9,11H2,(H,22,23)/b21-12+. The second kappa shape index (κ2) is 9.03. The Labute approximate surface area is 153 Å². The average Bonchev–Trinajstić information content (AvgIpc) is 2.56. The Morgan fingerprint density at radius 3 is 2.75 bits per heavy atom. The number of carbonyl (C=O) groups excluding carboxylic acids is 1. The summed E-state index contributed by atoms with van der Waals surface area (Å²) in [6, 6.07) is 11.2. The minimum absolute atomic E-state index is 0.133. The molecule has 0 aromatic heterocycles. The van der Waals surface area contributed by atoms with Crippen LogP contribution in [0.5, 0.6) is 5.75 Å². The van der Waals surface area contributed by atoms with Gasteiger partial charge in [0.1, 0.15) is 18.2 Å². The summed E-state index contributed by atoms with van der Waals surface area (Å²) < 4.78 is 19.1. The largest absolute Gasteiger partial charge is 0.480 e. The van der Waals surface area contributed by atoms with Crippen molar-refractivity contribution in [3.8, 4) is 18.1 Å². The van der Waals surface area contributed by atoms with E-state index in [4.69, 9.17) is 11.2 Å². The van der Waals surface area contributed by atoms with Crippen molar-refractivity contribution < 1.29 is 13.9 Å². The molecule has 0 saturated heterocycles. The fourth-order valence-corrected chi connectivity index (χ4v) is 2.53. The van der Waals surface area contributed by atoms with E-state index >= 15 is 0 Å². The van der Waals surface area contributed by atoms with Crippen LogP contribution in [0, 0.1) is 21.7 Å². The minimum atomic E-state index is -0.332. The van der Waals surface area contributed by atoms with Crippen LogP contribution in [0.25, 0.3) is 0 Å². The second-order valence-electron chi connectivity index (χ2n) is 4.78. The Morgan fingerprint density at radius 2 is 2.08 bits per heavy atom. The average molecular weight is 436 g/mol. The third-order valence-corrected chi connectivity index (χ3v) is 3.79. The summed E-state index contributed by atoms with van der Waals surface area (Å²) in [7, 11) is 0. The summed E-state index contributed by atoms with van der Waals surface area (Å²) in [5.41, 5.74) is 3.97. The number of carbonyl (C=O) groups is 1. The monoisotopic (exact) mass is 436 g/mol. The summed E-state index contributed by atoms with van der Waals surface area (Å²) in [6.07, 6.45) is 6.83. The Bertz CT molecular complexity index is 783. The highest BCUT2D eigenvalue weighted by Gasteiger charge is 2.03. The van der Waals surface area contributed by atoms with Crippen molar-refractivity contribution in [2.75, 3.05) is 6.61 Å². The molecule has 0 aliphatic carbocycles. The number of terminal acetylenes is 1. The topological polar surface area (TPSA) is 50.7 Å². The Morgan fingerprint density at radius 1 is 1.33 bits per heavy atom. The number of rotatable bonds is 6. The maximum absolute atomic E-state index is 12.8. The SMILES string of the molecule is C#CCOc1ccc(/C=N/NC(=O)Cc2ccc(F)cc2)cc1I. The van der Waals surface area contributed by atoms with Crippen LogP contribution in [-0.4, -0.2) is 18.7 Å². The van der Waals surface area contributed by atoms with Crippen LogP contribution in [0.2, 0.25) is 0 Å². The fourth-order valence-electron chi connectivity index (χ4n) is 1.84. The van der Waals surface area contributed by atoms with Gasteiger partial charge >= 0.3 is 0 Å². The Kier molecular flexibility index (Phi) is 6.75. The van der Waals surface area contributed by atoms with Gasteiger partial charge in [-0.1, -0.05) is 18.1 Å². The molecule has 6 heteroatoms. The normalized spacial score (nSPS) is 10.4. The van der Waals surface area contributed by atoms with Gasteiger partial charge in [-0.15, -0.1) is 6.42 Å². The summed E-state index contributed by atoms with van der Waals surface area (Å²) in [5, 5.41) is 3.91. The maximum Gasteiger partial charge on any atom is 0.244 e. The molecule has 1 amide bonds. The van der Waals surface area contributed by atoms with Crippen molar-refractivity contribution in [2.45, 2.75) is 6.42 Å². The van der Waals surface area contributed by atoms with E-state index < -0.39 is 0 Å². The van der Waals surface area contributed by atoms with Crippen molar-refractivity contribution >= 4 is 34.7 Å². The highest BCUT2D eigenvalue weighted by Crippen LogP contribution is 2.21. The maximum atomic E-state index is 12.8. The first kappa shape index (κ1) is 17.9. The van der Waals surface area contributed by atoms with Crippen LogP contribution in [0.15, 0.2) is 47.6 Å². The first-order valence-corrected chi connectivity index (χ1v) is 8.08. The Balaban J connectivity index is 1.89.